The highest BCUT2D eigenvalue weighted by Gasteiger charge is 2.22. The third-order valence-corrected chi connectivity index (χ3v) is 9.39. The molecule has 7 aromatic carbocycles. The fourth-order valence-corrected chi connectivity index (χ4v) is 7.23. The molecule has 4 heteroatoms. The van der Waals surface area contributed by atoms with Gasteiger partial charge in [0.1, 0.15) is 11.2 Å². The molecule has 47 heavy (non-hydrogen) atoms. The van der Waals surface area contributed by atoms with Gasteiger partial charge < -0.3 is 0 Å². The minimum Gasteiger partial charge on any atom is -0.292 e. The number of hydrogen-bond acceptors (Lipinski definition) is 3. The van der Waals surface area contributed by atoms with Crippen molar-refractivity contribution in [3.8, 4) is 28.2 Å². The third kappa shape index (κ3) is 3.98. The van der Waals surface area contributed by atoms with Crippen molar-refractivity contribution in [3.63, 3.8) is 0 Å². The molecule has 10 rings (SSSR count). The minimum atomic E-state index is 0.619. The first-order valence-corrected chi connectivity index (χ1v) is 15.9. The number of benzene rings is 7. The summed E-state index contributed by atoms with van der Waals surface area (Å²) in [6, 6.07) is 53.9. The molecule has 0 saturated heterocycles. The number of pyridine rings is 1. The van der Waals surface area contributed by atoms with E-state index in [1.165, 1.54) is 54.2 Å². The Kier molecular flexibility index (Phi) is 5.54. The zero-order valence-corrected chi connectivity index (χ0v) is 25.3. The molecular weight excluding hydrogens is 573 g/mol. The maximum absolute atomic E-state index is 5.30. The highest BCUT2D eigenvalue weighted by atomic mass is 15.1. The quantitative estimate of drug-likeness (QED) is 0.190. The molecular formula is C43H26N4. The van der Waals surface area contributed by atoms with Crippen molar-refractivity contribution in [3.05, 3.63) is 158 Å². The molecule has 0 fully saturated rings. The average Bonchev–Trinajstić information content (AvgIpc) is 3.46. The van der Waals surface area contributed by atoms with Crippen molar-refractivity contribution in [1.82, 2.24) is 19.5 Å². The molecule has 0 N–H and O–H groups in total. The fourth-order valence-electron chi connectivity index (χ4n) is 7.23. The summed E-state index contributed by atoms with van der Waals surface area (Å²) in [7, 11) is 0. The second-order valence-electron chi connectivity index (χ2n) is 12.1. The topological polar surface area (TPSA) is 43.6 Å². The Labute approximate surface area is 270 Å². The second-order valence-corrected chi connectivity index (χ2v) is 12.1. The van der Waals surface area contributed by atoms with E-state index in [1.807, 2.05) is 12.1 Å². The predicted molar refractivity (Wildman–Crippen MR) is 195 cm³/mol. The molecule has 0 aliphatic carbocycles. The van der Waals surface area contributed by atoms with Gasteiger partial charge in [-0.1, -0.05) is 115 Å². The van der Waals surface area contributed by atoms with Gasteiger partial charge in [-0.3, -0.25) is 4.57 Å². The summed E-state index contributed by atoms with van der Waals surface area (Å²) in [4.78, 5) is 15.2. The Morgan fingerprint density at radius 3 is 2.11 bits per heavy atom. The van der Waals surface area contributed by atoms with Gasteiger partial charge in [-0.2, -0.15) is 0 Å². The van der Waals surface area contributed by atoms with Gasteiger partial charge in [0.25, 0.3) is 0 Å². The monoisotopic (exact) mass is 598 g/mol. The van der Waals surface area contributed by atoms with E-state index in [1.54, 1.807) is 6.20 Å². The molecule has 0 aliphatic heterocycles. The number of hydrogen-bond donors (Lipinski definition) is 0. The summed E-state index contributed by atoms with van der Waals surface area (Å²) in [5.74, 6) is 0.761. The lowest BCUT2D eigenvalue weighted by Crippen LogP contribution is -2.04. The molecule has 0 aliphatic rings. The van der Waals surface area contributed by atoms with E-state index in [0.717, 1.165) is 33.6 Å². The van der Waals surface area contributed by atoms with Gasteiger partial charge in [-0.15, -0.1) is 0 Å². The van der Waals surface area contributed by atoms with Crippen LogP contribution < -0.4 is 0 Å². The lowest BCUT2D eigenvalue weighted by atomic mass is 9.98. The lowest BCUT2D eigenvalue weighted by Gasteiger charge is -2.14. The van der Waals surface area contributed by atoms with Crippen LogP contribution in [0.25, 0.3) is 93.5 Å². The summed E-state index contributed by atoms with van der Waals surface area (Å²) in [5.41, 5.74) is 7.74. The second kappa shape index (κ2) is 10.1. The first-order valence-electron chi connectivity index (χ1n) is 15.9. The summed E-state index contributed by atoms with van der Waals surface area (Å²) in [5, 5.41) is 9.62. The van der Waals surface area contributed by atoms with Crippen LogP contribution in [0, 0.1) is 0 Å². The standard InChI is InChI=1S/C43H26N4/c1-2-10-27(11-3-1)35-16-8-18-38-40(35)36-25-29-13-4-5-14-30(29)26-39(36)47(38)43-41(45-37-17-9-23-44-42(37)46-43)32-21-22-34-31(24-32)20-19-28-12-6-7-15-33(28)34/h1-26H. The fraction of sp³-hybridized carbons (Fsp3) is 0. The van der Waals surface area contributed by atoms with E-state index in [2.05, 4.69) is 149 Å². The van der Waals surface area contributed by atoms with Gasteiger partial charge in [0.05, 0.1) is 11.0 Å². The van der Waals surface area contributed by atoms with E-state index in [0.29, 0.717) is 5.65 Å². The van der Waals surface area contributed by atoms with Crippen LogP contribution in [0.4, 0.5) is 0 Å². The molecule has 10 aromatic rings. The van der Waals surface area contributed by atoms with Crippen LogP contribution in [0.1, 0.15) is 0 Å². The van der Waals surface area contributed by atoms with Gasteiger partial charge in [-0.05, 0) is 79.8 Å². The summed E-state index contributed by atoms with van der Waals surface area (Å²) in [6.07, 6.45) is 1.79. The number of nitrogens with zero attached hydrogens (tertiary/aromatic N) is 4. The lowest BCUT2D eigenvalue weighted by molar-refractivity contribution is 1.07. The zero-order chi connectivity index (χ0) is 30.9. The first-order chi connectivity index (χ1) is 23.3. The summed E-state index contributed by atoms with van der Waals surface area (Å²) >= 11 is 0. The largest absolute Gasteiger partial charge is 0.292 e. The molecule has 218 valence electrons. The number of fused-ring (bicyclic) bond motifs is 8. The predicted octanol–water partition coefficient (Wildman–Crippen LogP) is 10.9. The van der Waals surface area contributed by atoms with Gasteiger partial charge in [0.15, 0.2) is 11.5 Å². The van der Waals surface area contributed by atoms with Gasteiger partial charge >= 0.3 is 0 Å². The first kappa shape index (κ1) is 25.9. The van der Waals surface area contributed by atoms with Crippen LogP contribution in [0.2, 0.25) is 0 Å². The average molecular weight is 599 g/mol. The maximum Gasteiger partial charge on any atom is 0.180 e. The molecule has 0 unspecified atom stereocenters. The van der Waals surface area contributed by atoms with E-state index < -0.39 is 0 Å². The van der Waals surface area contributed by atoms with Crippen molar-refractivity contribution in [1.29, 1.82) is 0 Å². The molecule has 0 amide bonds. The highest BCUT2D eigenvalue weighted by molar-refractivity contribution is 6.19. The van der Waals surface area contributed by atoms with Crippen LogP contribution in [-0.2, 0) is 0 Å². The normalized spacial score (nSPS) is 11.8. The number of aromatic nitrogens is 4. The summed E-state index contributed by atoms with van der Waals surface area (Å²) in [6.45, 7) is 0. The molecule has 0 bridgehead atoms. The van der Waals surface area contributed by atoms with Crippen molar-refractivity contribution in [2.24, 2.45) is 0 Å². The Morgan fingerprint density at radius 1 is 0.447 bits per heavy atom. The molecule has 0 spiro atoms. The van der Waals surface area contributed by atoms with E-state index in [4.69, 9.17) is 9.97 Å². The Bertz CT molecular complexity index is 2850. The Hall–Kier alpha value is -6.39. The third-order valence-electron chi connectivity index (χ3n) is 9.39. The van der Waals surface area contributed by atoms with Crippen molar-refractivity contribution in [2.75, 3.05) is 0 Å². The smallest absolute Gasteiger partial charge is 0.180 e. The van der Waals surface area contributed by atoms with Gasteiger partial charge in [0, 0.05) is 22.5 Å². The van der Waals surface area contributed by atoms with Crippen molar-refractivity contribution in [2.45, 2.75) is 0 Å². The van der Waals surface area contributed by atoms with Crippen LogP contribution in [0.3, 0.4) is 0 Å². The summed E-state index contributed by atoms with van der Waals surface area (Å²) < 4.78 is 2.30. The Morgan fingerprint density at radius 2 is 1.21 bits per heavy atom. The van der Waals surface area contributed by atoms with E-state index >= 15 is 0 Å². The van der Waals surface area contributed by atoms with Gasteiger partial charge in [0.2, 0.25) is 0 Å². The zero-order valence-electron chi connectivity index (χ0n) is 25.3. The van der Waals surface area contributed by atoms with Gasteiger partial charge in [-0.25, -0.2) is 15.0 Å². The molecule has 4 nitrogen and oxygen atoms in total. The Balaban J connectivity index is 1.34. The van der Waals surface area contributed by atoms with Crippen LogP contribution in [0.15, 0.2) is 158 Å². The molecule has 0 atom stereocenters. The maximum atomic E-state index is 5.30. The SMILES string of the molecule is c1ccc(-c2cccc3c2c2cc4ccccc4cc2n3-c2nc3ncccc3nc2-c2ccc3c(ccc4ccccc43)c2)cc1. The van der Waals surface area contributed by atoms with Crippen LogP contribution >= 0.6 is 0 Å². The molecule has 3 aromatic heterocycles. The number of rotatable bonds is 3. The minimum absolute atomic E-state index is 0.619. The molecule has 3 heterocycles. The molecule has 0 radical (unpaired) electrons. The van der Waals surface area contributed by atoms with E-state index in [9.17, 15) is 0 Å². The van der Waals surface area contributed by atoms with Crippen LogP contribution in [-0.4, -0.2) is 19.5 Å². The van der Waals surface area contributed by atoms with Crippen molar-refractivity contribution < 1.29 is 0 Å². The van der Waals surface area contributed by atoms with E-state index in [-0.39, 0.29) is 0 Å². The molecule has 0 saturated carbocycles. The van der Waals surface area contributed by atoms with Crippen molar-refractivity contribution >= 4 is 65.3 Å². The van der Waals surface area contributed by atoms with Crippen LogP contribution in [0.5, 0.6) is 0 Å². The highest BCUT2D eigenvalue weighted by Crippen LogP contribution is 2.42.